The summed E-state index contributed by atoms with van der Waals surface area (Å²) in [6, 6.07) is 8.29. The van der Waals surface area contributed by atoms with Crippen LogP contribution in [-0.2, 0) is 16.6 Å². The minimum absolute atomic E-state index is 0.220. The standard InChI is InChI=1S/C14H21NO2S/c1-11(2)18(16,17)15(14-7-8-14)10-13-6-4-5-12(3)9-13/h4-6,9,11,14H,7-8,10H2,1-3H3. The predicted molar refractivity (Wildman–Crippen MR) is 73.8 cm³/mol. The van der Waals surface area contributed by atoms with E-state index >= 15 is 0 Å². The normalized spacial score (nSPS) is 16.5. The van der Waals surface area contributed by atoms with E-state index in [1.165, 1.54) is 5.56 Å². The maximum Gasteiger partial charge on any atom is 0.216 e. The van der Waals surface area contributed by atoms with E-state index in [1.54, 1.807) is 18.2 Å². The smallest absolute Gasteiger partial charge is 0.212 e. The topological polar surface area (TPSA) is 37.4 Å². The summed E-state index contributed by atoms with van der Waals surface area (Å²) in [5.74, 6) is 0. The molecular weight excluding hydrogens is 246 g/mol. The van der Waals surface area contributed by atoms with Gasteiger partial charge in [0.25, 0.3) is 0 Å². The van der Waals surface area contributed by atoms with Gasteiger partial charge in [0.2, 0.25) is 10.0 Å². The summed E-state index contributed by atoms with van der Waals surface area (Å²) >= 11 is 0. The van der Waals surface area contributed by atoms with Crippen LogP contribution in [0.25, 0.3) is 0 Å². The van der Waals surface area contributed by atoms with Gasteiger partial charge in [-0.15, -0.1) is 0 Å². The molecule has 3 nitrogen and oxygen atoms in total. The first-order valence-corrected chi connectivity index (χ1v) is 7.98. The predicted octanol–water partition coefficient (Wildman–Crippen LogP) is 2.70. The Kier molecular flexibility index (Phi) is 3.78. The Morgan fingerprint density at radius 1 is 1.33 bits per heavy atom. The Hall–Kier alpha value is -0.870. The van der Waals surface area contributed by atoms with Crippen LogP contribution < -0.4 is 0 Å². The number of nitrogens with zero attached hydrogens (tertiary/aromatic N) is 1. The first-order chi connectivity index (χ1) is 8.41. The zero-order chi connectivity index (χ0) is 13.3. The second-order valence-corrected chi connectivity index (χ2v) is 7.80. The molecule has 0 N–H and O–H groups in total. The number of hydrogen-bond acceptors (Lipinski definition) is 2. The molecule has 1 aliphatic carbocycles. The van der Waals surface area contributed by atoms with E-state index in [0.717, 1.165) is 18.4 Å². The fourth-order valence-electron chi connectivity index (χ4n) is 2.05. The molecule has 0 radical (unpaired) electrons. The molecule has 1 fully saturated rings. The molecule has 0 spiro atoms. The van der Waals surface area contributed by atoms with E-state index in [0.29, 0.717) is 6.54 Å². The Morgan fingerprint density at radius 3 is 2.50 bits per heavy atom. The highest BCUT2D eigenvalue weighted by Gasteiger charge is 2.38. The lowest BCUT2D eigenvalue weighted by molar-refractivity contribution is 0.394. The van der Waals surface area contributed by atoms with Crippen molar-refractivity contribution < 1.29 is 8.42 Å². The quantitative estimate of drug-likeness (QED) is 0.822. The minimum atomic E-state index is -3.15. The molecule has 1 aromatic carbocycles. The van der Waals surface area contributed by atoms with Gasteiger partial charge in [-0.3, -0.25) is 0 Å². The summed E-state index contributed by atoms with van der Waals surface area (Å²) in [6.45, 7) is 6.04. The lowest BCUT2D eigenvalue weighted by Gasteiger charge is -2.24. The zero-order valence-electron chi connectivity index (χ0n) is 11.3. The van der Waals surface area contributed by atoms with Gasteiger partial charge in [0.05, 0.1) is 5.25 Å². The first kappa shape index (κ1) is 13.6. The van der Waals surface area contributed by atoms with Crippen molar-refractivity contribution in [1.29, 1.82) is 0 Å². The van der Waals surface area contributed by atoms with E-state index in [4.69, 9.17) is 0 Å². The van der Waals surface area contributed by atoms with Gasteiger partial charge >= 0.3 is 0 Å². The van der Waals surface area contributed by atoms with Crippen LogP contribution in [0.3, 0.4) is 0 Å². The van der Waals surface area contributed by atoms with E-state index < -0.39 is 10.0 Å². The van der Waals surface area contributed by atoms with Gasteiger partial charge in [-0.05, 0) is 39.2 Å². The summed E-state index contributed by atoms with van der Waals surface area (Å²) in [6.07, 6.45) is 2.00. The van der Waals surface area contributed by atoms with Crippen molar-refractivity contribution >= 4 is 10.0 Å². The average Bonchev–Trinajstić information content (AvgIpc) is 3.09. The summed E-state index contributed by atoms with van der Waals surface area (Å²) in [5.41, 5.74) is 2.25. The van der Waals surface area contributed by atoms with E-state index in [2.05, 4.69) is 6.07 Å². The van der Waals surface area contributed by atoms with Crippen molar-refractivity contribution in [3.05, 3.63) is 35.4 Å². The fourth-order valence-corrected chi connectivity index (χ4v) is 3.55. The molecule has 1 aliphatic rings. The van der Waals surface area contributed by atoms with Crippen molar-refractivity contribution in [3.63, 3.8) is 0 Å². The molecule has 0 amide bonds. The molecule has 100 valence electrons. The van der Waals surface area contributed by atoms with Gasteiger partial charge in [0.1, 0.15) is 0 Å². The Morgan fingerprint density at radius 2 is 2.00 bits per heavy atom. The number of benzene rings is 1. The first-order valence-electron chi connectivity index (χ1n) is 6.47. The summed E-state index contributed by atoms with van der Waals surface area (Å²) in [5, 5.41) is -0.345. The van der Waals surface area contributed by atoms with Crippen LogP contribution in [0, 0.1) is 6.92 Å². The van der Waals surface area contributed by atoms with E-state index in [1.807, 2.05) is 25.1 Å². The van der Waals surface area contributed by atoms with Crippen molar-refractivity contribution in [3.8, 4) is 0 Å². The molecule has 18 heavy (non-hydrogen) atoms. The molecule has 1 aromatic rings. The molecule has 2 rings (SSSR count). The van der Waals surface area contributed by atoms with Crippen LogP contribution in [0.2, 0.25) is 0 Å². The summed E-state index contributed by atoms with van der Waals surface area (Å²) in [4.78, 5) is 0. The number of aryl methyl sites for hydroxylation is 1. The summed E-state index contributed by atoms with van der Waals surface area (Å²) in [7, 11) is -3.15. The van der Waals surface area contributed by atoms with Crippen molar-refractivity contribution in [1.82, 2.24) is 4.31 Å². The second-order valence-electron chi connectivity index (χ2n) is 5.36. The molecule has 0 bridgehead atoms. The van der Waals surface area contributed by atoms with Crippen LogP contribution in [0.4, 0.5) is 0 Å². The Labute approximate surface area is 110 Å². The van der Waals surface area contributed by atoms with Gasteiger partial charge in [-0.2, -0.15) is 4.31 Å². The van der Waals surface area contributed by atoms with Gasteiger partial charge in [0, 0.05) is 12.6 Å². The molecule has 0 saturated heterocycles. The summed E-state index contributed by atoms with van der Waals surface area (Å²) < 4.78 is 26.3. The lowest BCUT2D eigenvalue weighted by atomic mass is 10.1. The monoisotopic (exact) mass is 267 g/mol. The van der Waals surface area contributed by atoms with Crippen LogP contribution in [0.1, 0.15) is 37.8 Å². The molecule has 0 heterocycles. The third-order valence-corrected chi connectivity index (χ3v) is 5.57. The minimum Gasteiger partial charge on any atom is -0.212 e. The molecule has 0 atom stereocenters. The van der Waals surface area contributed by atoms with Crippen LogP contribution in [0.15, 0.2) is 24.3 Å². The molecule has 0 aromatic heterocycles. The third-order valence-electron chi connectivity index (χ3n) is 3.30. The van der Waals surface area contributed by atoms with Gasteiger partial charge < -0.3 is 0 Å². The van der Waals surface area contributed by atoms with Crippen LogP contribution >= 0.6 is 0 Å². The number of hydrogen-bond donors (Lipinski definition) is 0. The maximum atomic E-state index is 12.3. The second kappa shape index (κ2) is 5.02. The van der Waals surface area contributed by atoms with Crippen molar-refractivity contribution in [2.45, 2.75) is 51.4 Å². The molecule has 1 saturated carbocycles. The fraction of sp³-hybridized carbons (Fsp3) is 0.571. The zero-order valence-corrected chi connectivity index (χ0v) is 12.1. The third kappa shape index (κ3) is 2.93. The maximum absolute atomic E-state index is 12.3. The largest absolute Gasteiger partial charge is 0.216 e. The SMILES string of the molecule is Cc1cccc(CN(C2CC2)S(=O)(=O)C(C)C)c1. The van der Waals surface area contributed by atoms with Gasteiger partial charge in [-0.25, -0.2) is 8.42 Å². The van der Waals surface area contributed by atoms with E-state index in [9.17, 15) is 8.42 Å². The lowest BCUT2D eigenvalue weighted by Crippen LogP contribution is -2.37. The van der Waals surface area contributed by atoms with E-state index in [-0.39, 0.29) is 11.3 Å². The van der Waals surface area contributed by atoms with Crippen molar-refractivity contribution in [2.75, 3.05) is 0 Å². The average molecular weight is 267 g/mol. The van der Waals surface area contributed by atoms with Crippen molar-refractivity contribution in [2.24, 2.45) is 0 Å². The highest BCUT2D eigenvalue weighted by atomic mass is 32.2. The highest BCUT2D eigenvalue weighted by molar-refractivity contribution is 7.89. The van der Waals surface area contributed by atoms with Gasteiger partial charge in [0.15, 0.2) is 0 Å². The molecule has 0 unspecified atom stereocenters. The Bertz CT molecular complexity index is 518. The Balaban J connectivity index is 2.22. The highest BCUT2D eigenvalue weighted by Crippen LogP contribution is 2.32. The van der Waals surface area contributed by atoms with Crippen LogP contribution in [0.5, 0.6) is 0 Å². The molecule has 0 aliphatic heterocycles. The van der Waals surface area contributed by atoms with Gasteiger partial charge in [-0.1, -0.05) is 29.8 Å². The number of rotatable bonds is 5. The molecule has 4 heteroatoms. The number of sulfonamides is 1. The molecular formula is C14H21NO2S. The van der Waals surface area contributed by atoms with Crippen LogP contribution in [-0.4, -0.2) is 24.0 Å².